The van der Waals surface area contributed by atoms with Gasteiger partial charge in [-0.05, 0) is 25.8 Å². The Morgan fingerprint density at radius 3 is 2.86 bits per heavy atom. The summed E-state index contributed by atoms with van der Waals surface area (Å²) in [6.07, 6.45) is 7.62. The Kier molecular flexibility index (Phi) is 5.41. The van der Waals surface area contributed by atoms with E-state index in [2.05, 4.69) is 11.8 Å². The molecule has 1 heterocycles. The van der Waals surface area contributed by atoms with E-state index < -0.39 is 0 Å². The number of rotatable bonds is 4. The zero-order chi connectivity index (χ0) is 10.4. The second-order valence-corrected chi connectivity index (χ2v) is 4.69. The number of hydrogen-bond acceptors (Lipinski definition) is 2. The highest BCUT2D eigenvalue weighted by Crippen LogP contribution is 2.18. The lowest BCUT2D eigenvalue weighted by Gasteiger charge is -2.28. The van der Waals surface area contributed by atoms with Crippen molar-refractivity contribution in [3.8, 4) is 0 Å². The first kappa shape index (κ1) is 11.9. The molecule has 0 radical (unpaired) electrons. The molecule has 1 saturated heterocycles. The van der Waals surface area contributed by atoms with Crippen LogP contribution in [0.1, 0.15) is 45.4 Å². The Morgan fingerprint density at radius 2 is 2.21 bits per heavy atom. The number of nitrogens with zero attached hydrogens (tertiary/aromatic N) is 1. The lowest BCUT2D eigenvalue weighted by molar-refractivity contribution is 0.200. The third kappa shape index (κ3) is 3.93. The molecule has 0 aromatic heterocycles. The molecule has 0 amide bonds. The Hall–Kier alpha value is -0.150. The van der Waals surface area contributed by atoms with Crippen LogP contribution in [0, 0.1) is 0 Å². The van der Waals surface area contributed by atoms with E-state index in [0.29, 0.717) is 4.99 Å². The maximum absolute atomic E-state index is 5.54. The molecule has 0 aromatic carbocycles. The van der Waals surface area contributed by atoms with Crippen LogP contribution in [0.5, 0.6) is 0 Å². The van der Waals surface area contributed by atoms with Gasteiger partial charge in [-0.25, -0.2) is 0 Å². The van der Waals surface area contributed by atoms with Gasteiger partial charge >= 0.3 is 0 Å². The molecule has 0 spiro atoms. The van der Waals surface area contributed by atoms with Crippen molar-refractivity contribution in [2.75, 3.05) is 13.1 Å². The quantitative estimate of drug-likeness (QED) is 0.728. The topological polar surface area (TPSA) is 29.3 Å². The molecule has 2 N–H and O–H groups in total. The predicted molar refractivity (Wildman–Crippen MR) is 65.5 cm³/mol. The van der Waals surface area contributed by atoms with Gasteiger partial charge in [-0.3, -0.25) is 4.90 Å². The minimum Gasteiger partial charge on any atom is -0.393 e. The summed E-state index contributed by atoms with van der Waals surface area (Å²) in [5.74, 6) is 0. The van der Waals surface area contributed by atoms with E-state index in [9.17, 15) is 0 Å². The third-order valence-electron chi connectivity index (χ3n) is 3.12. The first-order valence-corrected chi connectivity index (χ1v) is 6.17. The van der Waals surface area contributed by atoms with Crippen LogP contribution in [0.25, 0.3) is 0 Å². The lowest BCUT2D eigenvalue weighted by atomic mass is 10.1. The molecule has 0 bridgehead atoms. The highest BCUT2D eigenvalue weighted by molar-refractivity contribution is 7.80. The Labute approximate surface area is 92.8 Å². The molecule has 2 nitrogen and oxygen atoms in total. The zero-order valence-corrected chi connectivity index (χ0v) is 9.98. The molecule has 1 rings (SSSR count). The number of hydrogen-bond donors (Lipinski definition) is 1. The van der Waals surface area contributed by atoms with Gasteiger partial charge in [-0.15, -0.1) is 0 Å². The second-order valence-electron chi connectivity index (χ2n) is 4.16. The summed E-state index contributed by atoms with van der Waals surface area (Å²) in [6.45, 7) is 4.58. The fraction of sp³-hybridized carbons (Fsp3) is 0.909. The van der Waals surface area contributed by atoms with Gasteiger partial charge in [0, 0.05) is 19.0 Å². The van der Waals surface area contributed by atoms with Crippen molar-refractivity contribution in [2.24, 2.45) is 5.73 Å². The summed E-state index contributed by atoms with van der Waals surface area (Å²) < 4.78 is 0. The molecule has 1 unspecified atom stereocenters. The molecule has 14 heavy (non-hydrogen) atoms. The highest BCUT2D eigenvalue weighted by atomic mass is 32.1. The molecule has 0 saturated carbocycles. The van der Waals surface area contributed by atoms with Crippen molar-refractivity contribution in [2.45, 2.75) is 51.5 Å². The molecule has 0 aliphatic carbocycles. The summed E-state index contributed by atoms with van der Waals surface area (Å²) >= 11 is 4.92. The zero-order valence-electron chi connectivity index (χ0n) is 9.17. The monoisotopic (exact) mass is 214 g/mol. The van der Waals surface area contributed by atoms with Gasteiger partial charge < -0.3 is 5.73 Å². The lowest BCUT2D eigenvalue weighted by Crippen LogP contribution is -2.36. The number of thiocarbonyl (C=S) groups is 1. The van der Waals surface area contributed by atoms with Gasteiger partial charge in [0.15, 0.2) is 0 Å². The normalized spacial score (nSPS) is 24.5. The number of nitrogens with two attached hydrogens (primary N) is 1. The molecule has 82 valence electrons. The van der Waals surface area contributed by atoms with E-state index in [4.69, 9.17) is 18.0 Å². The van der Waals surface area contributed by atoms with Crippen molar-refractivity contribution in [3.63, 3.8) is 0 Å². The fourth-order valence-electron chi connectivity index (χ4n) is 2.25. The molecule has 3 heteroatoms. The van der Waals surface area contributed by atoms with Gasteiger partial charge in [-0.2, -0.15) is 0 Å². The second kappa shape index (κ2) is 6.36. The van der Waals surface area contributed by atoms with Crippen LogP contribution in [0.2, 0.25) is 0 Å². The van der Waals surface area contributed by atoms with Crippen LogP contribution in [-0.4, -0.2) is 29.0 Å². The molecule has 0 aromatic rings. The van der Waals surface area contributed by atoms with E-state index in [0.717, 1.165) is 19.0 Å². The Morgan fingerprint density at radius 1 is 1.43 bits per heavy atom. The first-order valence-electron chi connectivity index (χ1n) is 5.76. The molecule has 1 aliphatic heterocycles. The van der Waals surface area contributed by atoms with Crippen molar-refractivity contribution in [1.29, 1.82) is 0 Å². The van der Waals surface area contributed by atoms with E-state index in [1.165, 1.54) is 38.6 Å². The van der Waals surface area contributed by atoms with Crippen LogP contribution in [0.4, 0.5) is 0 Å². The SMILES string of the molecule is CCC1CCCCCN1CCC(N)=S. The summed E-state index contributed by atoms with van der Waals surface area (Å²) in [6, 6.07) is 0.770. The molecular formula is C11H22N2S. The van der Waals surface area contributed by atoms with Crippen molar-refractivity contribution in [3.05, 3.63) is 0 Å². The van der Waals surface area contributed by atoms with Crippen LogP contribution < -0.4 is 5.73 Å². The van der Waals surface area contributed by atoms with Gasteiger partial charge in [0.05, 0.1) is 4.99 Å². The van der Waals surface area contributed by atoms with Crippen LogP contribution in [0.3, 0.4) is 0 Å². The van der Waals surface area contributed by atoms with E-state index in [1.54, 1.807) is 0 Å². The smallest absolute Gasteiger partial charge is 0.0740 e. The molecule has 1 fully saturated rings. The maximum Gasteiger partial charge on any atom is 0.0740 e. The summed E-state index contributed by atoms with van der Waals surface area (Å²) in [5.41, 5.74) is 5.54. The largest absolute Gasteiger partial charge is 0.393 e. The number of likely N-dealkylation sites (tertiary alicyclic amines) is 1. The molecular weight excluding hydrogens is 192 g/mol. The Balaban J connectivity index is 2.39. The van der Waals surface area contributed by atoms with E-state index >= 15 is 0 Å². The minimum absolute atomic E-state index is 0.657. The maximum atomic E-state index is 5.54. The van der Waals surface area contributed by atoms with Crippen molar-refractivity contribution < 1.29 is 0 Å². The average Bonchev–Trinajstić information content (AvgIpc) is 2.38. The Bertz CT molecular complexity index is 182. The van der Waals surface area contributed by atoms with Crippen molar-refractivity contribution in [1.82, 2.24) is 4.90 Å². The predicted octanol–water partition coefficient (Wildman–Crippen LogP) is 2.32. The molecule has 1 atom stereocenters. The molecule has 1 aliphatic rings. The average molecular weight is 214 g/mol. The van der Waals surface area contributed by atoms with Gasteiger partial charge in [-0.1, -0.05) is 32.0 Å². The van der Waals surface area contributed by atoms with Gasteiger partial charge in [0.25, 0.3) is 0 Å². The van der Waals surface area contributed by atoms with E-state index in [1.807, 2.05) is 0 Å². The van der Waals surface area contributed by atoms with Crippen LogP contribution >= 0.6 is 12.2 Å². The van der Waals surface area contributed by atoms with Crippen LogP contribution in [-0.2, 0) is 0 Å². The highest BCUT2D eigenvalue weighted by Gasteiger charge is 2.18. The summed E-state index contributed by atoms with van der Waals surface area (Å²) in [5, 5.41) is 0. The van der Waals surface area contributed by atoms with Crippen molar-refractivity contribution >= 4 is 17.2 Å². The minimum atomic E-state index is 0.657. The summed E-state index contributed by atoms with van der Waals surface area (Å²) in [4.78, 5) is 3.23. The van der Waals surface area contributed by atoms with Gasteiger partial charge in [0.1, 0.15) is 0 Å². The van der Waals surface area contributed by atoms with Crippen LogP contribution in [0.15, 0.2) is 0 Å². The first-order chi connectivity index (χ1) is 6.74. The summed E-state index contributed by atoms with van der Waals surface area (Å²) in [7, 11) is 0. The standard InChI is InChI=1S/C11H22N2S/c1-2-10-6-4-3-5-8-13(10)9-7-11(12)14/h10H,2-9H2,1H3,(H2,12,14). The third-order valence-corrected chi connectivity index (χ3v) is 3.32. The van der Waals surface area contributed by atoms with E-state index in [-0.39, 0.29) is 0 Å². The fourth-order valence-corrected chi connectivity index (χ4v) is 2.34. The van der Waals surface area contributed by atoms with Gasteiger partial charge in [0.2, 0.25) is 0 Å².